The van der Waals surface area contributed by atoms with Gasteiger partial charge in [0.05, 0.1) is 5.70 Å². The van der Waals surface area contributed by atoms with E-state index in [1.165, 1.54) is 0 Å². The van der Waals surface area contributed by atoms with Crippen molar-refractivity contribution in [2.45, 2.75) is 0 Å². The fourth-order valence-electron chi connectivity index (χ4n) is 3.22. The summed E-state index contributed by atoms with van der Waals surface area (Å²) in [5, 5.41) is 2.84. The summed E-state index contributed by atoms with van der Waals surface area (Å²) in [6, 6.07) is 11.9. The molecule has 3 heterocycles. The summed E-state index contributed by atoms with van der Waals surface area (Å²) in [6.07, 6.45) is 1.71. The van der Waals surface area contributed by atoms with Crippen molar-refractivity contribution in [3.63, 3.8) is 0 Å². The molecular weight excluding hydrogens is 432 g/mol. The number of nitrogens with one attached hydrogen (secondary N) is 4. The number of carbonyl (C=O) groups is 1. The average molecular weight is 448 g/mol. The van der Waals surface area contributed by atoms with Crippen LogP contribution in [0.15, 0.2) is 47.3 Å². The van der Waals surface area contributed by atoms with Gasteiger partial charge in [-0.2, -0.15) is 0 Å². The highest BCUT2D eigenvalue weighted by atomic mass is 32.1. The van der Waals surface area contributed by atoms with E-state index in [9.17, 15) is 9.59 Å². The van der Waals surface area contributed by atoms with Gasteiger partial charge < -0.3 is 30.5 Å². The van der Waals surface area contributed by atoms with Gasteiger partial charge in [0.2, 0.25) is 6.79 Å². The van der Waals surface area contributed by atoms with Crippen molar-refractivity contribution in [1.82, 2.24) is 25.3 Å². The molecule has 1 amide bonds. The topological polar surface area (TPSA) is 151 Å². The molecule has 0 aliphatic carbocycles. The van der Waals surface area contributed by atoms with Crippen molar-refractivity contribution >= 4 is 46.7 Å². The Morgan fingerprint density at radius 2 is 1.88 bits per heavy atom. The molecule has 10 nitrogen and oxygen atoms in total. The molecule has 0 bridgehead atoms. The number of rotatable bonds is 4. The quantitative estimate of drug-likeness (QED) is 0.238. The van der Waals surface area contributed by atoms with Gasteiger partial charge >= 0.3 is 0 Å². The van der Waals surface area contributed by atoms with Crippen LogP contribution in [0.4, 0.5) is 5.69 Å². The Balaban J connectivity index is 1.59. The van der Waals surface area contributed by atoms with E-state index in [2.05, 4.69) is 25.3 Å². The molecule has 0 saturated heterocycles. The fraction of sp³-hybridized carbons (Fsp3) is 0.0476. The van der Waals surface area contributed by atoms with E-state index in [0.717, 1.165) is 5.56 Å². The maximum Gasteiger partial charge on any atom is 0.277 e. The Labute approximate surface area is 185 Å². The zero-order chi connectivity index (χ0) is 22.2. The number of hydrogen-bond acceptors (Lipinski definition) is 7. The Bertz CT molecular complexity index is 1500. The smallest absolute Gasteiger partial charge is 0.277 e. The molecule has 11 heteroatoms. The number of ether oxygens (including phenoxy) is 2. The van der Waals surface area contributed by atoms with E-state index in [-0.39, 0.29) is 34.5 Å². The first-order valence-electron chi connectivity index (χ1n) is 9.47. The molecule has 2 aromatic heterocycles. The van der Waals surface area contributed by atoms with Crippen LogP contribution in [0.3, 0.4) is 0 Å². The number of nitrogens with zero attached hydrogens (tertiary/aromatic N) is 1. The van der Waals surface area contributed by atoms with Gasteiger partial charge in [-0.05, 0) is 60.3 Å². The second kappa shape index (κ2) is 7.71. The van der Waals surface area contributed by atoms with Crippen LogP contribution in [0.1, 0.15) is 21.7 Å². The number of H-pyrrole nitrogens is 3. The minimum atomic E-state index is -0.421. The summed E-state index contributed by atoms with van der Waals surface area (Å²) in [7, 11) is 0. The second-order valence-corrected chi connectivity index (χ2v) is 7.37. The molecule has 0 spiro atoms. The van der Waals surface area contributed by atoms with Crippen LogP contribution < -0.4 is 26.1 Å². The summed E-state index contributed by atoms with van der Waals surface area (Å²) in [6.45, 7) is 0.148. The summed E-state index contributed by atoms with van der Waals surface area (Å²) >= 11 is 5.01. The predicted molar refractivity (Wildman–Crippen MR) is 121 cm³/mol. The summed E-state index contributed by atoms with van der Waals surface area (Å²) in [5.41, 5.74) is 7.77. The number of aromatic amines is 3. The monoisotopic (exact) mass is 448 g/mol. The van der Waals surface area contributed by atoms with Crippen LogP contribution >= 0.6 is 12.2 Å². The zero-order valence-electron chi connectivity index (χ0n) is 16.4. The number of benzene rings is 2. The van der Waals surface area contributed by atoms with Gasteiger partial charge in [0.15, 0.2) is 27.7 Å². The third-order valence-electron chi connectivity index (χ3n) is 4.77. The molecule has 0 radical (unpaired) electrons. The number of nitrogens with two attached hydrogens (primary N) is 1. The molecule has 0 saturated carbocycles. The molecule has 4 aromatic rings. The molecule has 1 aliphatic rings. The lowest BCUT2D eigenvalue weighted by Gasteiger charge is -2.09. The average Bonchev–Trinajstić information content (AvgIpc) is 3.40. The van der Waals surface area contributed by atoms with Crippen molar-refractivity contribution in [3.05, 3.63) is 74.5 Å². The van der Waals surface area contributed by atoms with E-state index in [1.54, 1.807) is 42.5 Å². The number of aromatic nitrogens is 4. The molecule has 6 N–H and O–H groups in total. The third kappa shape index (κ3) is 3.72. The van der Waals surface area contributed by atoms with E-state index < -0.39 is 5.56 Å². The Hall–Kier alpha value is -4.38. The zero-order valence-corrected chi connectivity index (χ0v) is 17.2. The molecule has 2 aromatic carbocycles. The Morgan fingerprint density at radius 1 is 1.09 bits per heavy atom. The number of anilines is 1. The number of imidazole rings is 1. The van der Waals surface area contributed by atoms with E-state index in [0.29, 0.717) is 28.4 Å². The number of amides is 1. The van der Waals surface area contributed by atoms with E-state index in [4.69, 9.17) is 27.4 Å². The van der Waals surface area contributed by atoms with Crippen LogP contribution in [0.5, 0.6) is 11.5 Å². The largest absolute Gasteiger partial charge is 0.454 e. The normalized spacial score (nSPS) is 12.8. The number of fused-ring (bicyclic) bond motifs is 2. The van der Waals surface area contributed by atoms with Gasteiger partial charge in [0.25, 0.3) is 11.5 Å². The van der Waals surface area contributed by atoms with Gasteiger partial charge in [-0.15, -0.1) is 0 Å². The standard InChI is InChI=1S/C21H16N6O4S/c22-12-4-2-11(3-5-12)19(28)23-13(7-10-1-6-14-15(8-10)31-9-30-14)17-24-16-18(25-17)26-21(32)27-20(16)29/h1-8H,9,22H2,(H,23,28)(H3,24,25,26,27,29,32)/b13-7+. The number of carbonyl (C=O) groups excluding carboxylic acids is 1. The maximum atomic E-state index is 12.9. The van der Waals surface area contributed by atoms with Crippen LogP contribution in [-0.2, 0) is 0 Å². The van der Waals surface area contributed by atoms with Crippen molar-refractivity contribution in [1.29, 1.82) is 0 Å². The number of nitrogen functional groups attached to an aromatic ring is 1. The van der Waals surface area contributed by atoms with Crippen LogP contribution in [-0.4, -0.2) is 32.6 Å². The van der Waals surface area contributed by atoms with Crippen molar-refractivity contribution in [2.75, 3.05) is 12.5 Å². The molecule has 160 valence electrons. The van der Waals surface area contributed by atoms with Gasteiger partial charge in [-0.1, -0.05) is 6.07 Å². The lowest BCUT2D eigenvalue weighted by atomic mass is 10.1. The summed E-state index contributed by atoms with van der Waals surface area (Å²) in [5.74, 6) is 1.12. The van der Waals surface area contributed by atoms with Crippen LogP contribution in [0, 0.1) is 4.77 Å². The molecule has 0 atom stereocenters. The minimum Gasteiger partial charge on any atom is -0.454 e. The number of hydrogen-bond donors (Lipinski definition) is 5. The van der Waals surface area contributed by atoms with Gasteiger partial charge in [0, 0.05) is 11.3 Å². The van der Waals surface area contributed by atoms with Crippen molar-refractivity contribution in [3.8, 4) is 11.5 Å². The highest BCUT2D eigenvalue weighted by Crippen LogP contribution is 2.33. The van der Waals surface area contributed by atoms with Crippen molar-refractivity contribution in [2.24, 2.45) is 0 Å². The first-order valence-corrected chi connectivity index (χ1v) is 9.88. The highest BCUT2D eigenvalue weighted by molar-refractivity contribution is 7.71. The molecular formula is C21H16N6O4S. The van der Waals surface area contributed by atoms with Crippen LogP contribution in [0.25, 0.3) is 22.9 Å². The molecule has 32 heavy (non-hydrogen) atoms. The Morgan fingerprint density at radius 3 is 2.69 bits per heavy atom. The third-order valence-corrected chi connectivity index (χ3v) is 4.98. The second-order valence-electron chi connectivity index (χ2n) is 6.96. The molecule has 0 fully saturated rings. The lowest BCUT2D eigenvalue weighted by Crippen LogP contribution is -2.22. The molecule has 0 unspecified atom stereocenters. The highest BCUT2D eigenvalue weighted by Gasteiger charge is 2.17. The fourth-order valence-corrected chi connectivity index (χ4v) is 3.41. The van der Waals surface area contributed by atoms with Gasteiger partial charge in [0.1, 0.15) is 5.52 Å². The summed E-state index contributed by atoms with van der Waals surface area (Å²) < 4.78 is 10.9. The van der Waals surface area contributed by atoms with Crippen molar-refractivity contribution < 1.29 is 14.3 Å². The van der Waals surface area contributed by atoms with E-state index >= 15 is 0 Å². The minimum absolute atomic E-state index is 0.146. The SMILES string of the molecule is Nc1ccc(C(=O)N/C(=C/c2ccc3c(c2)OCO3)c2nc3[nH]c(=S)[nH]c(=O)c3[nH]2)cc1. The molecule has 5 rings (SSSR count). The first kappa shape index (κ1) is 19.6. The van der Waals surface area contributed by atoms with Crippen LogP contribution in [0.2, 0.25) is 0 Å². The lowest BCUT2D eigenvalue weighted by molar-refractivity contribution is 0.0973. The summed E-state index contributed by atoms with van der Waals surface area (Å²) in [4.78, 5) is 37.8. The maximum absolute atomic E-state index is 12.9. The predicted octanol–water partition coefficient (Wildman–Crippen LogP) is 2.55. The van der Waals surface area contributed by atoms with Gasteiger partial charge in [-0.25, -0.2) is 4.98 Å². The molecule has 1 aliphatic heterocycles. The first-order chi connectivity index (χ1) is 15.5. The van der Waals surface area contributed by atoms with Gasteiger partial charge in [-0.3, -0.25) is 14.6 Å². The Kier molecular flexibility index (Phi) is 4.71. The van der Waals surface area contributed by atoms with E-state index in [1.807, 2.05) is 6.07 Å².